The zero-order valence-electron chi connectivity index (χ0n) is 17.2. The number of benzene rings is 2. The van der Waals surface area contributed by atoms with Crippen LogP contribution >= 0.6 is 0 Å². The highest BCUT2D eigenvalue weighted by Gasteiger charge is 2.05. The largest absolute Gasteiger partial charge is 0.490 e. The molecular formula is C25H30N2O2. The summed E-state index contributed by atoms with van der Waals surface area (Å²) in [5.74, 6) is 2.19. The van der Waals surface area contributed by atoms with E-state index in [1.165, 1.54) is 32.1 Å². The molecule has 0 atom stereocenters. The minimum absolute atomic E-state index is 0.538. The van der Waals surface area contributed by atoms with Crippen molar-refractivity contribution in [1.82, 2.24) is 9.97 Å². The molecule has 0 fully saturated rings. The third-order valence-electron chi connectivity index (χ3n) is 4.74. The minimum Gasteiger partial charge on any atom is -0.490 e. The molecule has 4 heteroatoms. The summed E-state index contributed by atoms with van der Waals surface area (Å²) >= 11 is 0. The van der Waals surface area contributed by atoms with Gasteiger partial charge in [0.15, 0.2) is 11.6 Å². The molecule has 0 saturated heterocycles. The van der Waals surface area contributed by atoms with Gasteiger partial charge in [-0.25, -0.2) is 9.97 Å². The number of unbranched alkanes of at least 4 members (excludes halogenated alkanes) is 5. The van der Waals surface area contributed by atoms with E-state index in [4.69, 9.17) is 9.47 Å². The summed E-state index contributed by atoms with van der Waals surface area (Å²) in [6, 6.07) is 18.0. The molecule has 3 rings (SSSR count). The van der Waals surface area contributed by atoms with Crippen LogP contribution in [0.25, 0.3) is 11.4 Å². The first-order valence-electron chi connectivity index (χ1n) is 10.6. The molecule has 2 aromatic carbocycles. The van der Waals surface area contributed by atoms with Crippen molar-refractivity contribution in [3.63, 3.8) is 0 Å². The molecule has 0 spiro atoms. The Morgan fingerprint density at radius 1 is 0.724 bits per heavy atom. The summed E-state index contributed by atoms with van der Waals surface area (Å²) in [4.78, 5) is 8.91. The Morgan fingerprint density at radius 3 is 2.28 bits per heavy atom. The van der Waals surface area contributed by atoms with Crippen molar-refractivity contribution in [2.75, 3.05) is 6.61 Å². The molecule has 0 bridgehead atoms. The normalized spacial score (nSPS) is 10.7. The lowest BCUT2D eigenvalue weighted by molar-refractivity contribution is 0.302. The molecule has 0 amide bonds. The molecule has 0 aliphatic heterocycles. The second-order valence-electron chi connectivity index (χ2n) is 7.16. The highest BCUT2D eigenvalue weighted by atomic mass is 16.5. The number of aromatic nitrogens is 2. The van der Waals surface area contributed by atoms with Gasteiger partial charge in [-0.15, -0.1) is 0 Å². The molecule has 0 aliphatic carbocycles. The van der Waals surface area contributed by atoms with E-state index in [0.717, 1.165) is 35.7 Å². The molecule has 1 aromatic heterocycles. The van der Waals surface area contributed by atoms with Gasteiger partial charge in [-0.2, -0.15) is 0 Å². The minimum atomic E-state index is 0.538. The van der Waals surface area contributed by atoms with Gasteiger partial charge in [-0.3, -0.25) is 0 Å². The van der Waals surface area contributed by atoms with Gasteiger partial charge < -0.3 is 9.47 Å². The van der Waals surface area contributed by atoms with E-state index in [1.807, 2.05) is 42.5 Å². The van der Waals surface area contributed by atoms with Crippen molar-refractivity contribution in [3.05, 3.63) is 72.6 Å². The zero-order valence-corrected chi connectivity index (χ0v) is 17.2. The van der Waals surface area contributed by atoms with Crippen LogP contribution in [0, 0.1) is 0 Å². The average molecular weight is 391 g/mol. The van der Waals surface area contributed by atoms with E-state index in [9.17, 15) is 0 Å². The summed E-state index contributed by atoms with van der Waals surface area (Å²) < 4.78 is 11.7. The van der Waals surface area contributed by atoms with Crippen molar-refractivity contribution in [1.29, 1.82) is 0 Å². The van der Waals surface area contributed by atoms with Crippen molar-refractivity contribution >= 4 is 0 Å². The van der Waals surface area contributed by atoms with Crippen LogP contribution in [0.3, 0.4) is 0 Å². The van der Waals surface area contributed by atoms with Crippen LogP contribution in [-0.4, -0.2) is 16.6 Å². The first-order valence-corrected chi connectivity index (χ1v) is 10.6. The van der Waals surface area contributed by atoms with Crippen molar-refractivity contribution in [3.8, 4) is 22.9 Å². The summed E-state index contributed by atoms with van der Waals surface area (Å²) in [5.41, 5.74) is 2.07. The Balaban J connectivity index is 1.48. The van der Waals surface area contributed by atoms with Crippen molar-refractivity contribution in [2.45, 2.75) is 52.1 Å². The molecule has 3 aromatic rings. The highest BCUT2D eigenvalue weighted by molar-refractivity contribution is 5.57. The quantitative estimate of drug-likeness (QED) is 0.333. The third-order valence-corrected chi connectivity index (χ3v) is 4.74. The van der Waals surface area contributed by atoms with Crippen LogP contribution < -0.4 is 9.47 Å². The van der Waals surface area contributed by atoms with Crippen LogP contribution in [0.4, 0.5) is 0 Å². The topological polar surface area (TPSA) is 44.2 Å². The smallest absolute Gasteiger partial charge is 0.159 e. The monoisotopic (exact) mass is 390 g/mol. The van der Waals surface area contributed by atoms with E-state index < -0.39 is 0 Å². The summed E-state index contributed by atoms with van der Waals surface area (Å²) in [6.07, 6.45) is 11.0. The van der Waals surface area contributed by atoms with Crippen LogP contribution in [0.2, 0.25) is 0 Å². The predicted molar refractivity (Wildman–Crippen MR) is 117 cm³/mol. The van der Waals surface area contributed by atoms with Gasteiger partial charge in [0.05, 0.1) is 19.0 Å². The Kier molecular flexibility index (Phi) is 8.52. The highest BCUT2D eigenvalue weighted by Crippen LogP contribution is 2.22. The fourth-order valence-corrected chi connectivity index (χ4v) is 3.08. The zero-order chi connectivity index (χ0) is 20.2. The number of rotatable bonds is 12. The van der Waals surface area contributed by atoms with Crippen LogP contribution in [0.5, 0.6) is 11.5 Å². The summed E-state index contributed by atoms with van der Waals surface area (Å²) in [7, 11) is 0. The Hall–Kier alpha value is -2.88. The molecule has 0 N–H and O–H groups in total. The Labute approximate surface area is 173 Å². The fraction of sp³-hybridized carbons (Fsp3) is 0.360. The molecule has 1 heterocycles. The summed E-state index contributed by atoms with van der Waals surface area (Å²) in [6.45, 7) is 3.49. The van der Waals surface area contributed by atoms with E-state index in [0.29, 0.717) is 12.4 Å². The lowest BCUT2D eigenvalue weighted by Crippen LogP contribution is -1.99. The number of hydrogen-bond acceptors (Lipinski definition) is 4. The fourth-order valence-electron chi connectivity index (χ4n) is 3.08. The molecule has 152 valence electrons. The van der Waals surface area contributed by atoms with E-state index in [1.54, 1.807) is 12.4 Å². The molecule has 0 unspecified atom stereocenters. The molecule has 29 heavy (non-hydrogen) atoms. The average Bonchev–Trinajstić information content (AvgIpc) is 2.78. The van der Waals surface area contributed by atoms with E-state index >= 15 is 0 Å². The first-order chi connectivity index (χ1) is 14.3. The molecule has 0 saturated carbocycles. The lowest BCUT2D eigenvalue weighted by Gasteiger charge is -2.09. The van der Waals surface area contributed by atoms with Gasteiger partial charge in [-0.05, 0) is 24.1 Å². The molecule has 0 aliphatic rings. The van der Waals surface area contributed by atoms with Crippen LogP contribution in [0.15, 0.2) is 67.0 Å². The van der Waals surface area contributed by atoms with Crippen molar-refractivity contribution < 1.29 is 9.47 Å². The van der Waals surface area contributed by atoms with Gasteiger partial charge in [0, 0.05) is 5.56 Å². The second kappa shape index (κ2) is 11.8. The van der Waals surface area contributed by atoms with Gasteiger partial charge in [0.1, 0.15) is 12.4 Å². The number of hydrogen-bond donors (Lipinski definition) is 0. The molecule has 4 nitrogen and oxygen atoms in total. The summed E-state index contributed by atoms with van der Waals surface area (Å²) in [5, 5.41) is 0. The predicted octanol–water partition coefficient (Wildman–Crippen LogP) is 6.46. The maximum atomic E-state index is 5.90. The maximum absolute atomic E-state index is 5.90. The molecule has 0 radical (unpaired) electrons. The number of ether oxygens (including phenoxy) is 2. The Morgan fingerprint density at radius 2 is 1.48 bits per heavy atom. The molecular weight excluding hydrogens is 360 g/mol. The maximum Gasteiger partial charge on any atom is 0.159 e. The standard InChI is InChI=1S/C25H30N2O2/c1-2-3-4-5-6-10-16-28-24-18-26-25(27-19-24)22-14-11-15-23(17-22)29-20-21-12-8-7-9-13-21/h7-9,11-15,17-19H,2-6,10,16,20H2,1H3. The second-order valence-corrected chi connectivity index (χ2v) is 7.16. The van der Waals surface area contributed by atoms with Crippen LogP contribution in [0.1, 0.15) is 51.0 Å². The first kappa shape index (κ1) is 20.8. The van der Waals surface area contributed by atoms with E-state index in [2.05, 4.69) is 29.0 Å². The van der Waals surface area contributed by atoms with Gasteiger partial charge >= 0.3 is 0 Å². The van der Waals surface area contributed by atoms with Gasteiger partial charge in [0.25, 0.3) is 0 Å². The lowest BCUT2D eigenvalue weighted by atomic mass is 10.1. The van der Waals surface area contributed by atoms with Crippen molar-refractivity contribution in [2.24, 2.45) is 0 Å². The van der Waals surface area contributed by atoms with Crippen LogP contribution in [-0.2, 0) is 6.61 Å². The van der Waals surface area contributed by atoms with E-state index in [-0.39, 0.29) is 0 Å². The third kappa shape index (κ3) is 7.22. The Bertz CT molecular complexity index is 835. The van der Waals surface area contributed by atoms with Gasteiger partial charge in [0.2, 0.25) is 0 Å². The van der Waals surface area contributed by atoms with Gasteiger partial charge in [-0.1, -0.05) is 81.5 Å². The SMILES string of the molecule is CCCCCCCCOc1cnc(-c2cccc(OCc3ccccc3)c2)nc1. The number of nitrogens with zero attached hydrogens (tertiary/aromatic N) is 2.